The van der Waals surface area contributed by atoms with Crippen LogP contribution in [0.2, 0.25) is 0 Å². The molecule has 2 aromatic carbocycles. The summed E-state index contributed by atoms with van der Waals surface area (Å²) in [5.41, 5.74) is 2.29. The van der Waals surface area contributed by atoms with Gasteiger partial charge >= 0.3 is 0 Å². The van der Waals surface area contributed by atoms with E-state index in [2.05, 4.69) is 27.6 Å². The minimum absolute atomic E-state index is 0.0624. The lowest BCUT2D eigenvalue weighted by Gasteiger charge is -2.39. The fourth-order valence-corrected chi connectivity index (χ4v) is 3.98. The molecule has 1 amide bonds. The van der Waals surface area contributed by atoms with E-state index in [4.69, 9.17) is 4.74 Å². The number of ether oxygens (including phenoxy) is 1. The molecule has 1 heterocycles. The molecule has 0 unspecified atom stereocenters. The van der Waals surface area contributed by atoms with Crippen molar-refractivity contribution in [3.63, 3.8) is 0 Å². The van der Waals surface area contributed by atoms with Gasteiger partial charge < -0.3 is 10.1 Å². The third-order valence-electron chi connectivity index (χ3n) is 5.53. The third-order valence-corrected chi connectivity index (χ3v) is 5.53. The molecule has 4 rings (SSSR count). The quantitative estimate of drug-likeness (QED) is 0.734. The number of hydrogen-bond donors (Lipinski definition) is 1. The van der Waals surface area contributed by atoms with Crippen molar-refractivity contribution in [2.75, 3.05) is 7.11 Å². The van der Waals surface area contributed by atoms with E-state index in [0.29, 0.717) is 5.56 Å². The Hall–Kier alpha value is -3.15. The minimum Gasteiger partial charge on any atom is -0.497 e. The molecule has 1 aliphatic carbocycles. The van der Waals surface area contributed by atoms with Gasteiger partial charge in [0.15, 0.2) is 0 Å². The Morgan fingerprint density at radius 3 is 2.43 bits per heavy atom. The molecule has 6 nitrogen and oxygen atoms in total. The summed E-state index contributed by atoms with van der Waals surface area (Å²) < 4.78 is 7.08. The van der Waals surface area contributed by atoms with Gasteiger partial charge in [0.25, 0.3) is 5.91 Å². The number of carbonyl (C=O) groups excluding carboxylic acids is 1. The van der Waals surface area contributed by atoms with Crippen LogP contribution in [0, 0.1) is 0 Å². The van der Waals surface area contributed by atoms with E-state index in [-0.39, 0.29) is 11.4 Å². The van der Waals surface area contributed by atoms with Crippen LogP contribution in [0.3, 0.4) is 0 Å². The molecule has 1 N–H and O–H groups in total. The highest BCUT2D eigenvalue weighted by atomic mass is 16.5. The van der Waals surface area contributed by atoms with E-state index in [1.807, 2.05) is 36.4 Å². The van der Waals surface area contributed by atoms with Crippen LogP contribution in [0.25, 0.3) is 5.69 Å². The summed E-state index contributed by atoms with van der Waals surface area (Å²) >= 11 is 0. The van der Waals surface area contributed by atoms with Gasteiger partial charge in [-0.25, -0.2) is 0 Å². The van der Waals surface area contributed by atoms with Crippen LogP contribution in [0.4, 0.5) is 0 Å². The minimum atomic E-state index is -0.339. The second-order valence-corrected chi connectivity index (χ2v) is 7.24. The molecular formula is C22H24N4O2. The number of nitrogens with one attached hydrogen (secondary N) is 1. The highest BCUT2D eigenvalue weighted by Crippen LogP contribution is 2.38. The standard InChI is InChI=1S/C22H24N4O2/c1-28-20-10-8-18(9-11-20)22(12-3-2-4-13-22)25-21(27)17-6-5-7-19(14-17)26-15-23-24-16-26/h5-11,14-16H,2-4,12-13H2,1H3,(H,25,27). The van der Waals surface area contributed by atoms with Crippen LogP contribution >= 0.6 is 0 Å². The molecule has 0 spiro atoms. The molecule has 0 saturated heterocycles. The molecule has 1 saturated carbocycles. The SMILES string of the molecule is COc1ccc(C2(NC(=O)c3cccc(-n4cnnc4)c3)CCCCC2)cc1. The van der Waals surface area contributed by atoms with Crippen molar-refractivity contribution in [3.05, 3.63) is 72.3 Å². The Bertz CT molecular complexity index is 929. The van der Waals surface area contributed by atoms with Crippen molar-refractivity contribution in [2.24, 2.45) is 0 Å². The second kappa shape index (κ2) is 7.84. The molecule has 144 valence electrons. The van der Waals surface area contributed by atoms with E-state index in [1.54, 1.807) is 24.3 Å². The number of methoxy groups -OCH3 is 1. The predicted molar refractivity (Wildman–Crippen MR) is 107 cm³/mol. The molecule has 0 bridgehead atoms. The van der Waals surface area contributed by atoms with E-state index < -0.39 is 0 Å². The summed E-state index contributed by atoms with van der Waals surface area (Å²) in [5.74, 6) is 0.760. The summed E-state index contributed by atoms with van der Waals surface area (Å²) in [7, 11) is 1.66. The Kier molecular flexibility index (Phi) is 5.10. The van der Waals surface area contributed by atoms with Crippen molar-refractivity contribution in [3.8, 4) is 11.4 Å². The average Bonchev–Trinajstić information content (AvgIpc) is 3.29. The average molecular weight is 376 g/mol. The number of hydrogen-bond acceptors (Lipinski definition) is 4. The van der Waals surface area contributed by atoms with Crippen LogP contribution in [0.5, 0.6) is 5.75 Å². The van der Waals surface area contributed by atoms with Gasteiger partial charge in [-0.15, -0.1) is 10.2 Å². The molecule has 6 heteroatoms. The maximum atomic E-state index is 13.2. The first-order valence-electron chi connectivity index (χ1n) is 9.62. The summed E-state index contributed by atoms with van der Waals surface area (Å²) in [5, 5.41) is 11.0. The van der Waals surface area contributed by atoms with Gasteiger partial charge in [-0.1, -0.05) is 37.5 Å². The zero-order valence-corrected chi connectivity index (χ0v) is 16.0. The normalized spacial score (nSPS) is 15.8. The fourth-order valence-electron chi connectivity index (χ4n) is 3.98. The number of carbonyl (C=O) groups is 1. The molecule has 0 atom stereocenters. The molecule has 0 radical (unpaired) electrons. The van der Waals surface area contributed by atoms with Crippen LogP contribution in [0.1, 0.15) is 48.0 Å². The number of amides is 1. The van der Waals surface area contributed by atoms with E-state index >= 15 is 0 Å². The number of benzene rings is 2. The van der Waals surface area contributed by atoms with Gasteiger partial charge in [0.2, 0.25) is 0 Å². The zero-order valence-electron chi connectivity index (χ0n) is 16.0. The number of aromatic nitrogens is 3. The highest BCUT2D eigenvalue weighted by molar-refractivity contribution is 5.95. The van der Waals surface area contributed by atoms with E-state index in [9.17, 15) is 4.79 Å². The molecule has 1 aromatic heterocycles. The Morgan fingerprint density at radius 2 is 1.75 bits per heavy atom. The molecular weight excluding hydrogens is 352 g/mol. The first-order chi connectivity index (χ1) is 13.7. The fraction of sp³-hybridized carbons (Fsp3) is 0.318. The van der Waals surface area contributed by atoms with Crippen molar-refractivity contribution in [1.82, 2.24) is 20.1 Å². The van der Waals surface area contributed by atoms with Gasteiger partial charge in [-0.05, 0) is 48.7 Å². The van der Waals surface area contributed by atoms with Crippen molar-refractivity contribution >= 4 is 5.91 Å². The van der Waals surface area contributed by atoms with E-state index in [0.717, 1.165) is 42.7 Å². The first-order valence-corrected chi connectivity index (χ1v) is 9.62. The summed E-state index contributed by atoms with van der Waals surface area (Å²) in [6.45, 7) is 0. The van der Waals surface area contributed by atoms with Gasteiger partial charge in [-0.3, -0.25) is 9.36 Å². The summed E-state index contributed by atoms with van der Waals surface area (Å²) in [6.07, 6.45) is 8.54. The maximum Gasteiger partial charge on any atom is 0.252 e. The van der Waals surface area contributed by atoms with Crippen molar-refractivity contribution < 1.29 is 9.53 Å². The summed E-state index contributed by atoms with van der Waals surface area (Å²) in [6, 6.07) is 15.6. The predicted octanol–water partition coefficient (Wildman–Crippen LogP) is 3.87. The van der Waals surface area contributed by atoms with Crippen molar-refractivity contribution in [1.29, 1.82) is 0 Å². The van der Waals surface area contributed by atoms with Gasteiger partial charge in [-0.2, -0.15) is 0 Å². The molecule has 1 aliphatic rings. The molecule has 3 aromatic rings. The first kappa shape index (κ1) is 18.2. The van der Waals surface area contributed by atoms with Crippen LogP contribution in [0.15, 0.2) is 61.2 Å². The smallest absolute Gasteiger partial charge is 0.252 e. The maximum absolute atomic E-state index is 13.2. The van der Waals surface area contributed by atoms with Gasteiger partial charge in [0.05, 0.1) is 12.6 Å². The number of rotatable bonds is 5. The highest BCUT2D eigenvalue weighted by Gasteiger charge is 2.35. The van der Waals surface area contributed by atoms with Crippen molar-refractivity contribution in [2.45, 2.75) is 37.6 Å². The molecule has 28 heavy (non-hydrogen) atoms. The van der Waals surface area contributed by atoms with Crippen LogP contribution in [-0.2, 0) is 5.54 Å². The van der Waals surface area contributed by atoms with Crippen LogP contribution in [-0.4, -0.2) is 27.8 Å². The third kappa shape index (κ3) is 3.63. The molecule has 1 fully saturated rings. The monoisotopic (exact) mass is 376 g/mol. The lowest BCUT2D eigenvalue weighted by molar-refractivity contribution is 0.0866. The Labute approximate surface area is 164 Å². The Morgan fingerprint density at radius 1 is 1.04 bits per heavy atom. The van der Waals surface area contributed by atoms with E-state index in [1.165, 1.54) is 6.42 Å². The largest absolute Gasteiger partial charge is 0.497 e. The topological polar surface area (TPSA) is 69.0 Å². The second-order valence-electron chi connectivity index (χ2n) is 7.24. The van der Waals surface area contributed by atoms with Crippen LogP contribution < -0.4 is 10.1 Å². The summed E-state index contributed by atoms with van der Waals surface area (Å²) in [4.78, 5) is 13.2. The van der Waals surface area contributed by atoms with Gasteiger partial charge in [0.1, 0.15) is 18.4 Å². The lowest BCUT2D eigenvalue weighted by Crippen LogP contribution is -2.47. The number of nitrogens with zero attached hydrogens (tertiary/aromatic N) is 3. The van der Waals surface area contributed by atoms with Gasteiger partial charge in [0, 0.05) is 11.3 Å². The zero-order chi connectivity index (χ0) is 19.4. The Balaban J connectivity index is 1.62. The lowest BCUT2D eigenvalue weighted by atomic mass is 9.76. The molecule has 0 aliphatic heterocycles.